The number of nitrogens with one attached hydrogen (secondary N) is 2. The average molecular weight is 340 g/mol. The molecular weight excluding hydrogens is 325 g/mol. The van der Waals surface area contributed by atoms with Crippen LogP contribution in [0.15, 0.2) is 30.3 Å². The third-order valence-electron chi connectivity index (χ3n) is 3.20. The monoisotopic (exact) mass is 340 g/mol. The smallest absolute Gasteiger partial charge is 0.267 e. The van der Waals surface area contributed by atoms with E-state index < -0.39 is 23.6 Å². The zero-order valence-electron chi connectivity index (χ0n) is 12.9. The van der Waals surface area contributed by atoms with Gasteiger partial charge in [0.15, 0.2) is 0 Å². The van der Waals surface area contributed by atoms with Crippen LogP contribution in [0.3, 0.4) is 0 Å². The molecule has 9 heteroatoms. The Bertz CT molecular complexity index is 751. The van der Waals surface area contributed by atoms with Crippen LogP contribution in [0.5, 0.6) is 0 Å². The Morgan fingerprint density at radius 3 is 2.25 bits per heavy atom. The molecule has 2 aromatic rings. The van der Waals surface area contributed by atoms with Crippen LogP contribution in [0.4, 0.5) is 13.2 Å². The van der Waals surface area contributed by atoms with E-state index in [0.29, 0.717) is 12.2 Å². The third kappa shape index (κ3) is 3.92. The van der Waals surface area contributed by atoms with Crippen molar-refractivity contribution in [1.82, 2.24) is 20.6 Å². The van der Waals surface area contributed by atoms with Gasteiger partial charge in [-0.15, -0.1) is 0 Å². The number of alkyl halides is 3. The summed E-state index contributed by atoms with van der Waals surface area (Å²) in [4.78, 5) is 23.9. The number of amides is 2. The number of benzene rings is 1. The number of carbonyl (C=O) groups excluding carboxylic acids is 2. The number of hydrogen-bond acceptors (Lipinski definition) is 3. The van der Waals surface area contributed by atoms with Crippen LogP contribution < -0.4 is 10.9 Å². The summed E-state index contributed by atoms with van der Waals surface area (Å²) in [5.74, 6) is -1.30. The van der Waals surface area contributed by atoms with Crippen molar-refractivity contribution in [2.45, 2.75) is 26.6 Å². The Hall–Kier alpha value is -2.84. The average Bonchev–Trinajstić information content (AvgIpc) is 2.92. The predicted molar refractivity (Wildman–Crippen MR) is 79.0 cm³/mol. The maximum Gasteiger partial charge on any atom is 0.416 e. The number of nitrogens with zero attached hydrogens (tertiary/aromatic N) is 2. The van der Waals surface area contributed by atoms with Crippen LogP contribution in [0.25, 0.3) is 0 Å². The molecule has 0 fully saturated rings. The maximum absolute atomic E-state index is 12.5. The SMILES string of the molecule is CCn1nc(C)cc1C(=O)NNC(=O)c1ccc(C(F)(F)F)cc1. The molecule has 1 aromatic carbocycles. The van der Waals surface area contributed by atoms with Gasteiger partial charge in [-0.1, -0.05) is 0 Å². The summed E-state index contributed by atoms with van der Waals surface area (Å²) in [6.07, 6.45) is -4.47. The first-order valence-corrected chi connectivity index (χ1v) is 7.04. The fraction of sp³-hybridized carbons (Fsp3) is 0.267. The van der Waals surface area contributed by atoms with E-state index in [9.17, 15) is 22.8 Å². The molecule has 0 aliphatic heterocycles. The van der Waals surface area contributed by atoms with Crippen LogP contribution >= 0.6 is 0 Å². The first-order valence-electron chi connectivity index (χ1n) is 7.04. The van der Waals surface area contributed by atoms with E-state index in [1.807, 2.05) is 6.92 Å². The molecule has 2 amide bonds. The van der Waals surface area contributed by atoms with Crippen molar-refractivity contribution < 1.29 is 22.8 Å². The molecule has 0 saturated heterocycles. The van der Waals surface area contributed by atoms with Crippen molar-refractivity contribution >= 4 is 11.8 Å². The zero-order valence-corrected chi connectivity index (χ0v) is 12.9. The lowest BCUT2D eigenvalue weighted by atomic mass is 10.1. The number of hydrazine groups is 1. The van der Waals surface area contributed by atoms with Gasteiger partial charge in [0.25, 0.3) is 11.8 Å². The maximum atomic E-state index is 12.5. The van der Waals surface area contributed by atoms with Crippen molar-refractivity contribution in [2.24, 2.45) is 0 Å². The molecule has 0 spiro atoms. The van der Waals surface area contributed by atoms with Gasteiger partial charge in [0.2, 0.25) is 0 Å². The summed E-state index contributed by atoms with van der Waals surface area (Å²) in [6, 6.07) is 5.22. The molecule has 0 unspecified atom stereocenters. The number of hydrogen-bond donors (Lipinski definition) is 2. The van der Waals surface area contributed by atoms with Crippen LogP contribution in [0, 0.1) is 6.92 Å². The molecule has 24 heavy (non-hydrogen) atoms. The lowest BCUT2D eigenvalue weighted by Gasteiger charge is -2.09. The molecule has 0 saturated carbocycles. The summed E-state index contributed by atoms with van der Waals surface area (Å²) in [5.41, 5.74) is 4.41. The summed E-state index contributed by atoms with van der Waals surface area (Å²) in [6.45, 7) is 4.01. The normalized spacial score (nSPS) is 11.2. The molecule has 0 aliphatic carbocycles. The highest BCUT2D eigenvalue weighted by molar-refractivity contribution is 5.98. The highest BCUT2D eigenvalue weighted by Gasteiger charge is 2.30. The molecule has 128 valence electrons. The molecule has 1 aromatic heterocycles. The standard InChI is InChI=1S/C15H15F3N4O2/c1-3-22-12(8-9(2)21-22)14(24)20-19-13(23)10-4-6-11(7-5-10)15(16,17)18/h4-8H,3H2,1-2H3,(H,19,23)(H,20,24). The van der Waals surface area contributed by atoms with Crippen LogP contribution in [-0.4, -0.2) is 21.6 Å². The van der Waals surface area contributed by atoms with Crippen LogP contribution in [-0.2, 0) is 12.7 Å². The van der Waals surface area contributed by atoms with Gasteiger partial charge in [0.1, 0.15) is 5.69 Å². The molecule has 6 nitrogen and oxygen atoms in total. The van der Waals surface area contributed by atoms with Gasteiger partial charge in [0, 0.05) is 12.1 Å². The molecule has 0 bridgehead atoms. The summed E-state index contributed by atoms with van der Waals surface area (Å²) in [5, 5.41) is 4.10. The second-order valence-corrected chi connectivity index (χ2v) is 4.97. The molecule has 1 heterocycles. The lowest BCUT2D eigenvalue weighted by Crippen LogP contribution is -2.42. The molecular formula is C15H15F3N4O2. The second kappa shape index (κ2) is 6.73. The van der Waals surface area contributed by atoms with Gasteiger partial charge < -0.3 is 0 Å². The number of carbonyl (C=O) groups is 2. The molecule has 0 radical (unpaired) electrons. The molecule has 2 rings (SSSR count). The van der Waals surface area contributed by atoms with Gasteiger partial charge in [-0.3, -0.25) is 25.1 Å². The van der Waals surface area contributed by atoms with E-state index >= 15 is 0 Å². The fourth-order valence-electron chi connectivity index (χ4n) is 2.03. The topological polar surface area (TPSA) is 76.0 Å². The summed E-state index contributed by atoms with van der Waals surface area (Å²) >= 11 is 0. The first kappa shape index (κ1) is 17.5. The van der Waals surface area contributed by atoms with Gasteiger partial charge in [-0.25, -0.2) is 0 Å². The lowest BCUT2D eigenvalue weighted by molar-refractivity contribution is -0.137. The summed E-state index contributed by atoms with van der Waals surface area (Å²) < 4.78 is 38.9. The van der Waals surface area contributed by atoms with E-state index in [2.05, 4.69) is 16.0 Å². The van der Waals surface area contributed by atoms with Gasteiger partial charge in [-0.2, -0.15) is 18.3 Å². The van der Waals surface area contributed by atoms with Crippen molar-refractivity contribution in [3.05, 3.63) is 52.8 Å². The molecule has 0 atom stereocenters. The fourth-order valence-corrected chi connectivity index (χ4v) is 2.03. The van der Waals surface area contributed by atoms with Gasteiger partial charge in [-0.05, 0) is 44.2 Å². The second-order valence-electron chi connectivity index (χ2n) is 4.97. The van der Waals surface area contributed by atoms with E-state index in [0.717, 1.165) is 24.3 Å². The molecule has 0 aliphatic rings. The number of aromatic nitrogens is 2. The Kier molecular flexibility index (Phi) is 4.91. The van der Waals surface area contributed by atoms with Crippen LogP contribution in [0.1, 0.15) is 39.0 Å². The van der Waals surface area contributed by atoms with Crippen molar-refractivity contribution in [3.63, 3.8) is 0 Å². The van der Waals surface area contributed by atoms with Gasteiger partial charge >= 0.3 is 6.18 Å². The largest absolute Gasteiger partial charge is 0.416 e. The number of halogens is 3. The van der Waals surface area contributed by atoms with E-state index in [-0.39, 0.29) is 11.3 Å². The minimum atomic E-state index is -4.47. The van der Waals surface area contributed by atoms with Crippen molar-refractivity contribution in [1.29, 1.82) is 0 Å². The van der Waals surface area contributed by atoms with Crippen LogP contribution in [0.2, 0.25) is 0 Å². The summed E-state index contributed by atoms with van der Waals surface area (Å²) in [7, 11) is 0. The van der Waals surface area contributed by atoms with Crippen molar-refractivity contribution in [3.8, 4) is 0 Å². The highest BCUT2D eigenvalue weighted by atomic mass is 19.4. The zero-order chi connectivity index (χ0) is 17.9. The van der Waals surface area contributed by atoms with E-state index in [1.54, 1.807) is 13.0 Å². The molecule has 2 N–H and O–H groups in total. The van der Waals surface area contributed by atoms with Gasteiger partial charge in [0.05, 0.1) is 11.3 Å². The quantitative estimate of drug-likeness (QED) is 0.842. The highest BCUT2D eigenvalue weighted by Crippen LogP contribution is 2.28. The number of aryl methyl sites for hydroxylation is 2. The third-order valence-corrected chi connectivity index (χ3v) is 3.20. The Balaban J connectivity index is 2.01. The minimum Gasteiger partial charge on any atom is -0.267 e. The van der Waals surface area contributed by atoms with E-state index in [1.165, 1.54) is 4.68 Å². The minimum absolute atomic E-state index is 0.0107. The van der Waals surface area contributed by atoms with E-state index in [4.69, 9.17) is 0 Å². The number of rotatable bonds is 3. The Morgan fingerprint density at radius 1 is 1.12 bits per heavy atom. The predicted octanol–water partition coefficient (Wildman–Crippen LogP) is 2.31. The Labute approximate surface area is 135 Å². The first-order chi connectivity index (χ1) is 11.2. The van der Waals surface area contributed by atoms with Crippen molar-refractivity contribution in [2.75, 3.05) is 0 Å². The Morgan fingerprint density at radius 2 is 1.71 bits per heavy atom.